The molecule has 0 fully saturated rings. The number of nitrogens with one attached hydrogen (secondary N) is 2. The van der Waals surface area contributed by atoms with Crippen molar-refractivity contribution >= 4 is 44.8 Å². The summed E-state index contributed by atoms with van der Waals surface area (Å²) in [5.41, 5.74) is 2.70. The number of sulfonamides is 1. The molecule has 2 heterocycles. The number of nitrogens with two attached hydrogens (primary N) is 1. The van der Waals surface area contributed by atoms with Gasteiger partial charge in [0.05, 0.1) is 22.7 Å². The van der Waals surface area contributed by atoms with E-state index in [-0.39, 0.29) is 22.9 Å². The van der Waals surface area contributed by atoms with E-state index in [0.29, 0.717) is 28.1 Å². The second kappa shape index (κ2) is 7.54. The molecule has 1 atom stereocenters. The number of amides is 3. The van der Waals surface area contributed by atoms with Gasteiger partial charge in [0.15, 0.2) is 0 Å². The lowest BCUT2D eigenvalue weighted by molar-refractivity contribution is -0.118. The molecule has 2 aliphatic heterocycles. The van der Waals surface area contributed by atoms with Crippen molar-refractivity contribution in [3.8, 4) is 0 Å². The molecule has 3 amide bonds. The maximum absolute atomic E-state index is 13.8. The van der Waals surface area contributed by atoms with Gasteiger partial charge in [0, 0.05) is 11.3 Å². The summed E-state index contributed by atoms with van der Waals surface area (Å²) >= 11 is 0. The Hall–Kier alpha value is -4.02. The molecule has 9 nitrogen and oxygen atoms in total. The zero-order chi connectivity index (χ0) is 23.3. The summed E-state index contributed by atoms with van der Waals surface area (Å²) in [7, 11) is -4.02. The van der Waals surface area contributed by atoms with Crippen LogP contribution >= 0.6 is 0 Å². The minimum Gasteiger partial charge on any atom is -0.326 e. The van der Waals surface area contributed by atoms with Gasteiger partial charge >= 0.3 is 0 Å². The Morgan fingerprint density at radius 2 is 1.70 bits per heavy atom. The van der Waals surface area contributed by atoms with Crippen molar-refractivity contribution < 1.29 is 22.8 Å². The van der Waals surface area contributed by atoms with Gasteiger partial charge in [-0.25, -0.2) is 13.6 Å². The van der Waals surface area contributed by atoms with Gasteiger partial charge in [-0.1, -0.05) is 30.3 Å². The molecule has 10 heteroatoms. The summed E-state index contributed by atoms with van der Waals surface area (Å²) < 4.78 is 23.6. The molecule has 0 saturated heterocycles. The van der Waals surface area contributed by atoms with Gasteiger partial charge in [-0.3, -0.25) is 19.3 Å². The Morgan fingerprint density at radius 3 is 2.42 bits per heavy atom. The molecule has 2 aliphatic rings. The van der Waals surface area contributed by atoms with Crippen LogP contribution in [0, 0.1) is 0 Å². The maximum Gasteiger partial charge on any atom is 0.259 e. The van der Waals surface area contributed by atoms with Crippen LogP contribution in [0.15, 0.2) is 71.6 Å². The largest absolute Gasteiger partial charge is 0.326 e. The van der Waals surface area contributed by atoms with E-state index < -0.39 is 27.9 Å². The Morgan fingerprint density at radius 1 is 0.939 bits per heavy atom. The van der Waals surface area contributed by atoms with Gasteiger partial charge in [-0.05, 0) is 47.5 Å². The van der Waals surface area contributed by atoms with Crippen LogP contribution < -0.4 is 20.7 Å². The molecule has 1 unspecified atom stereocenters. The maximum atomic E-state index is 13.8. The first-order valence-corrected chi connectivity index (χ1v) is 11.6. The van der Waals surface area contributed by atoms with Crippen LogP contribution in [-0.2, 0) is 26.0 Å². The van der Waals surface area contributed by atoms with Crippen molar-refractivity contribution in [1.29, 1.82) is 0 Å². The molecule has 5 rings (SSSR count). The summed E-state index contributed by atoms with van der Waals surface area (Å²) in [5.74, 6) is -1.12. The number of carbonyl (C=O) groups is 3. The third kappa shape index (κ3) is 3.65. The monoisotopic (exact) mass is 462 g/mol. The van der Waals surface area contributed by atoms with Crippen molar-refractivity contribution in [2.45, 2.75) is 17.4 Å². The van der Waals surface area contributed by atoms with Gasteiger partial charge in [0.1, 0.15) is 6.04 Å². The predicted octanol–water partition coefficient (Wildman–Crippen LogP) is 2.17. The molecule has 0 aromatic heterocycles. The fourth-order valence-corrected chi connectivity index (χ4v) is 4.66. The zero-order valence-electron chi connectivity index (χ0n) is 17.1. The molecular formula is C23H18N4O5S. The van der Waals surface area contributed by atoms with Gasteiger partial charge in [-0.15, -0.1) is 0 Å². The number of rotatable bonds is 3. The van der Waals surface area contributed by atoms with Crippen molar-refractivity contribution in [3.05, 3.63) is 83.4 Å². The molecule has 166 valence electrons. The molecule has 3 aromatic rings. The minimum absolute atomic E-state index is 0.157. The van der Waals surface area contributed by atoms with Crippen molar-refractivity contribution in [1.82, 2.24) is 0 Å². The zero-order valence-corrected chi connectivity index (χ0v) is 17.9. The lowest BCUT2D eigenvalue weighted by Crippen LogP contribution is -2.45. The first-order valence-electron chi connectivity index (χ1n) is 10.0. The Bertz CT molecular complexity index is 1440. The van der Waals surface area contributed by atoms with E-state index in [2.05, 4.69) is 10.6 Å². The van der Waals surface area contributed by atoms with Crippen LogP contribution in [0.1, 0.15) is 27.5 Å². The molecule has 0 bridgehead atoms. The average Bonchev–Trinajstić information content (AvgIpc) is 3.16. The SMILES string of the molecule is NS(=O)(=O)c1ccc2c(c1)NC(=O)C(c1ccccc1)N2C(=O)c1ccc2c(c1)CC(=O)N2. The van der Waals surface area contributed by atoms with Gasteiger partial charge < -0.3 is 10.6 Å². The first kappa shape index (κ1) is 20.9. The molecule has 4 N–H and O–H groups in total. The second-order valence-corrected chi connectivity index (χ2v) is 9.36. The summed E-state index contributed by atoms with van der Waals surface area (Å²) in [4.78, 5) is 39.8. The number of hydrogen-bond donors (Lipinski definition) is 3. The minimum atomic E-state index is -4.02. The van der Waals surface area contributed by atoms with Crippen LogP contribution in [-0.4, -0.2) is 26.1 Å². The van der Waals surface area contributed by atoms with E-state index >= 15 is 0 Å². The highest BCUT2D eigenvalue weighted by atomic mass is 32.2. The summed E-state index contributed by atoms with van der Waals surface area (Å²) in [6, 6.07) is 16.6. The van der Waals surface area contributed by atoms with E-state index in [9.17, 15) is 22.8 Å². The third-order valence-corrected chi connectivity index (χ3v) is 6.54. The lowest BCUT2D eigenvalue weighted by Gasteiger charge is -2.37. The lowest BCUT2D eigenvalue weighted by atomic mass is 9.98. The Balaban J connectivity index is 1.66. The fraction of sp³-hybridized carbons (Fsp3) is 0.0870. The van der Waals surface area contributed by atoms with Gasteiger partial charge in [0.2, 0.25) is 15.9 Å². The number of fused-ring (bicyclic) bond motifs is 2. The van der Waals surface area contributed by atoms with Crippen molar-refractivity contribution in [2.75, 3.05) is 15.5 Å². The van der Waals surface area contributed by atoms with Crippen LogP contribution in [0.2, 0.25) is 0 Å². The summed E-state index contributed by atoms with van der Waals surface area (Å²) in [5, 5.41) is 10.7. The van der Waals surface area contributed by atoms with E-state index in [1.54, 1.807) is 48.5 Å². The number of benzene rings is 3. The molecule has 0 aliphatic carbocycles. The molecule has 33 heavy (non-hydrogen) atoms. The van der Waals surface area contributed by atoms with Gasteiger partial charge in [-0.2, -0.15) is 0 Å². The number of primary sulfonamides is 1. The van der Waals surface area contributed by atoms with E-state index in [0.717, 1.165) is 0 Å². The first-order chi connectivity index (χ1) is 15.7. The van der Waals surface area contributed by atoms with Gasteiger partial charge in [0.25, 0.3) is 11.8 Å². The molecule has 0 spiro atoms. The van der Waals surface area contributed by atoms with E-state index in [1.165, 1.54) is 23.1 Å². The third-order valence-electron chi connectivity index (χ3n) is 5.63. The number of carbonyl (C=O) groups excluding carboxylic acids is 3. The summed E-state index contributed by atoms with van der Waals surface area (Å²) in [6.07, 6.45) is 0.160. The molecule has 3 aromatic carbocycles. The number of nitrogens with zero attached hydrogens (tertiary/aromatic N) is 1. The van der Waals surface area contributed by atoms with E-state index in [1.807, 2.05) is 0 Å². The summed E-state index contributed by atoms with van der Waals surface area (Å²) in [6.45, 7) is 0. The molecule has 0 radical (unpaired) electrons. The predicted molar refractivity (Wildman–Crippen MR) is 121 cm³/mol. The van der Waals surface area contributed by atoms with E-state index in [4.69, 9.17) is 5.14 Å². The number of hydrogen-bond acceptors (Lipinski definition) is 5. The van der Waals surface area contributed by atoms with Crippen LogP contribution in [0.5, 0.6) is 0 Å². The van der Waals surface area contributed by atoms with Crippen LogP contribution in [0.4, 0.5) is 17.1 Å². The number of anilines is 3. The Kier molecular flexibility index (Phi) is 4.76. The van der Waals surface area contributed by atoms with Crippen molar-refractivity contribution in [3.63, 3.8) is 0 Å². The Labute approximate surface area is 189 Å². The molecular weight excluding hydrogens is 444 g/mol. The average molecular weight is 462 g/mol. The highest BCUT2D eigenvalue weighted by molar-refractivity contribution is 7.89. The smallest absolute Gasteiger partial charge is 0.259 e. The van der Waals surface area contributed by atoms with Crippen LogP contribution in [0.3, 0.4) is 0 Å². The van der Waals surface area contributed by atoms with Crippen LogP contribution in [0.25, 0.3) is 0 Å². The molecule has 0 saturated carbocycles. The topological polar surface area (TPSA) is 139 Å². The highest BCUT2D eigenvalue weighted by Gasteiger charge is 2.39. The van der Waals surface area contributed by atoms with Crippen molar-refractivity contribution in [2.24, 2.45) is 5.14 Å². The highest BCUT2D eigenvalue weighted by Crippen LogP contribution is 2.40. The second-order valence-electron chi connectivity index (χ2n) is 7.80. The quantitative estimate of drug-likeness (QED) is 0.548. The standard InChI is InChI=1S/C23H18N4O5S/c24-33(31,32)16-7-9-19-18(12-16)26-22(29)21(13-4-2-1-3-5-13)27(19)23(30)14-6-8-17-15(10-14)11-20(28)25-17/h1-10,12,21H,11H2,(H,25,28)(H,26,29)(H2,24,31,32). The normalized spacial score (nSPS) is 17.1. The fourth-order valence-electron chi connectivity index (χ4n) is 4.12.